The Hall–Kier alpha value is -1.68. The highest BCUT2D eigenvalue weighted by Crippen LogP contribution is 2.08. The highest BCUT2D eigenvalue weighted by Gasteiger charge is 2.04. The fraction of sp³-hybridized carbons (Fsp3) is 0.500. The van der Waals surface area contributed by atoms with Crippen molar-refractivity contribution in [3.05, 3.63) is 35.9 Å². The molecule has 0 unspecified atom stereocenters. The number of hydroxylamine groups is 1. The predicted molar refractivity (Wildman–Crippen MR) is 78.0 cm³/mol. The van der Waals surface area contributed by atoms with Crippen LogP contribution in [0.2, 0.25) is 0 Å². The third kappa shape index (κ3) is 7.69. The molecule has 0 spiro atoms. The van der Waals surface area contributed by atoms with E-state index in [0.29, 0.717) is 19.3 Å². The van der Waals surface area contributed by atoms with E-state index in [-0.39, 0.29) is 11.7 Å². The Bertz CT molecular complexity index is 403. The highest BCUT2D eigenvalue weighted by atomic mass is 16.6. The lowest BCUT2D eigenvalue weighted by molar-refractivity contribution is -0.131. The van der Waals surface area contributed by atoms with Gasteiger partial charge in [0.15, 0.2) is 0 Å². The van der Waals surface area contributed by atoms with Gasteiger partial charge in [0.25, 0.3) is 0 Å². The number of hydrogen-bond donors (Lipinski definition) is 1. The molecule has 4 heteroatoms. The molecule has 0 fully saturated rings. The number of ketones is 1. The molecular weight excluding hydrogens is 254 g/mol. The molecule has 4 nitrogen and oxygen atoms in total. The monoisotopic (exact) mass is 277 g/mol. The number of benzene rings is 1. The third-order valence-corrected chi connectivity index (χ3v) is 3.07. The molecule has 1 N–H and O–H groups in total. The average molecular weight is 277 g/mol. The van der Waals surface area contributed by atoms with Gasteiger partial charge in [-0.25, -0.2) is 5.48 Å². The Morgan fingerprint density at radius 1 is 1.00 bits per heavy atom. The number of nitrogens with one attached hydrogen (secondary N) is 1. The molecule has 0 aliphatic heterocycles. The second kappa shape index (κ2) is 10.1. The van der Waals surface area contributed by atoms with Gasteiger partial charge in [-0.1, -0.05) is 43.2 Å². The Kier molecular flexibility index (Phi) is 8.31. The van der Waals surface area contributed by atoms with Crippen LogP contribution < -0.4 is 5.48 Å². The van der Waals surface area contributed by atoms with Crippen molar-refractivity contribution < 1.29 is 14.4 Å². The standard InChI is InChI=1S/C16H23NO3/c1-20-17-16(19)12-8-3-2-7-11-15(18)13-14-9-5-4-6-10-14/h4-6,9-10H,2-3,7-8,11-13H2,1H3,(H,17,19). The van der Waals surface area contributed by atoms with E-state index in [2.05, 4.69) is 10.3 Å². The van der Waals surface area contributed by atoms with Crippen molar-refractivity contribution in [2.45, 2.75) is 44.9 Å². The van der Waals surface area contributed by atoms with Gasteiger partial charge in [-0.05, 0) is 18.4 Å². The molecule has 0 aliphatic rings. The van der Waals surface area contributed by atoms with E-state index in [1.54, 1.807) is 0 Å². The van der Waals surface area contributed by atoms with Crippen molar-refractivity contribution in [1.29, 1.82) is 0 Å². The van der Waals surface area contributed by atoms with E-state index in [1.807, 2.05) is 30.3 Å². The largest absolute Gasteiger partial charge is 0.299 e. The maximum atomic E-state index is 11.8. The van der Waals surface area contributed by atoms with Crippen LogP contribution in [0.3, 0.4) is 0 Å². The van der Waals surface area contributed by atoms with E-state index in [0.717, 1.165) is 31.2 Å². The van der Waals surface area contributed by atoms with Gasteiger partial charge in [-0.3, -0.25) is 14.4 Å². The van der Waals surface area contributed by atoms with Gasteiger partial charge in [-0.2, -0.15) is 0 Å². The average Bonchev–Trinajstić information content (AvgIpc) is 2.44. The minimum Gasteiger partial charge on any atom is -0.299 e. The maximum Gasteiger partial charge on any atom is 0.243 e. The van der Waals surface area contributed by atoms with Crippen molar-refractivity contribution >= 4 is 11.7 Å². The first-order valence-corrected chi connectivity index (χ1v) is 7.10. The number of amides is 1. The molecule has 0 aromatic heterocycles. The Balaban J connectivity index is 2.01. The van der Waals surface area contributed by atoms with Gasteiger partial charge in [-0.15, -0.1) is 0 Å². The fourth-order valence-electron chi connectivity index (χ4n) is 2.04. The zero-order valence-corrected chi connectivity index (χ0v) is 12.1. The molecular formula is C16H23NO3. The Morgan fingerprint density at radius 3 is 2.30 bits per heavy atom. The zero-order chi connectivity index (χ0) is 14.6. The summed E-state index contributed by atoms with van der Waals surface area (Å²) in [5, 5.41) is 0. The normalized spacial score (nSPS) is 10.2. The van der Waals surface area contributed by atoms with Gasteiger partial charge in [0.2, 0.25) is 5.91 Å². The number of Topliss-reactive ketones (excluding diaryl/α,β-unsaturated/α-hetero) is 1. The summed E-state index contributed by atoms with van der Waals surface area (Å²) in [6.07, 6.45) is 5.32. The summed E-state index contributed by atoms with van der Waals surface area (Å²) in [7, 11) is 1.43. The van der Waals surface area contributed by atoms with Crippen molar-refractivity contribution in [2.75, 3.05) is 7.11 Å². The minimum absolute atomic E-state index is 0.0901. The smallest absolute Gasteiger partial charge is 0.243 e. The van der Waals surface area contributed by atoms with Gasteiger partial charge >= 0.3 is 0 Å². The van der Waals surface area contributed by atoms with E-state index in [9.17, 15) is 9.59 Å². The lowest BCUT2D eigenvalue weighted by atomic mass is 10.0. The van der Waals surface area contributed by atoms with Crippen LogP contribution in [0, 0.1) is 0 Å². The van der Waals surface area contributed by atoms with Crippen LogP contribution in [0.1, 0.15) is 44.1 Å². The third-order valence-electron chi connectivity index (χ3n) is 3.07. The van der Waals surface area contributed by atoms with Crippen LogP contribution in [0.5, 0.6) is 0 Å². The summed E-state index contributed by atoms with van der Waals surface area (Å²) in [6, 6.07) is 9.81. The zero-order valence-electron chi connectivity index (χ0n) is 12.1. The lowest BCUT2D eigenvalue weighted by Crippen LogP contribution is -2.21. The molecule has 1 rings (SSSR count). The summed E-state index contributed by atoms with van der Waals surface area (Å²) in [5.41, 5.74) is 3.37. The first-order chi connectivity index (χ1) is 9.72. The van der Waals surface area contributed by atoms with Gasteiger partial charge < -0.3 is 0 Å². The van der Waals surface area contributed by atoms with Crippen molar-refractivity contribution in [3.8, 4) is 0 Å². The second-order valence-electron chi connectivity index (χ2n) is 4.84. The SMILES string of the molecule is CONC(=O)CCCCCCC(=O)Cc1ccccc1. The highest BCUT2D eigenvalue weighted by molar-refractivity contribution is 5.80. The molecule has 1 aromatic carbocycles. The molecule has 0 aliphatic carbocycles. The van der Waals surface area contributed by atoms with Crippen molar-refractivity contribution in [1.82, 2.24) is 5.48 Å². The molecule has 0 radical (unpaired) electrons. The van der Waals surface area contributed by atoms with Crippen LogP contribution in [0.4, 0.5) is 0 Å². The molecule has 0 bridgehead atoms. The molecule has 110 valence electrons. The van der Waals surface area contributed by atoms with E-state index < -0.39 is 0 Å². The van der Waals surface area contributed by atoms with E-state index >= 15 is 0 Å². The number of unbranched alkanes of at least 4 members (excludes halogenated alkanes) is 3. The summed E-state index contributed by atoms with van der Waals surface area (Å²) >= 11 is 0. The molecule has 0 saturated carbocycles. The van der Waals surface area contributed by atoms with Crippen LogP contribution in [-0.4, -0.2) is 18.8 Å². The second-order valence-corrected chi connectivity index (χ2v) is 4.84. The van der Waals surface area contributed by atoms with Gasteiger partial charge in [0.1, 0.15) is 5.78 Å². The maximum absolute atomic E-state index is 11.8. The molecule has 20 heavy (non-hydrogen) atoms. The minimum atomic E-state index is -0.0901. The Labute approximate surface area is 120 Å². The number of carbonyl (C=O) groups is 2. The van der Waals surface area contributed by atoms with Crippen molar-refractivity contribution in [3.63, 3.8) is 0 Å². The topological polar surface area (TPSA) is 55.4 Å². The number of rotatable bonds is 10. The van der Waals surface area contributed by atoms with Crippen LogP contribution in [0.25, 0.3) is 0 Å². The molecule has 1 aromatic rings. The summed E-state index contributed by atoms with van der Waals surface area (Å²) in [4.78, 5) is 27.4. The molecule has 1 amide bonds. The molecule has 0 heterocycles. The number of carbonyl (C=O) groups excluding carboxylic acids is 2. The quantitative estimate of drug-likeness (QED) is 0.528. The van der Waals surface area contributed by atoms with Gasteiger partial charge in [0.05, 0.1) is 7.11 Å². The summed E-state index contributed by atoms with van der Waals surface area (Å²) in [6.45, 7) is 0. The summed E-state index contributed by atoms with van der Waals surface area (Å²) in [5.74, 6) is 0.195. The molecule has 0 saturated heterocycles. The first kappa shape index (κ1) is 16.4. The molecule has 0 atom stereocenters. The first-order valence-electron chi connectivity index (χ1n) is 7.10. The van der Waals surface area contributed by atoms with E-state index in [4.69, 9.17) is 0 Å². The van der Waals surface area contributed by atoms with Gasteiger partial charge in [0, 0.05) is 19.3 Å². The Morgan fingerprint density at radius 2 is 1.65 bits per heavy atom. The summed E-state index contributed by atoms with van der Waals surface area (Å²) < 4.78 is 0. The van der Waals surface area contributed by atoms with Crippen LogP contribution >= 0.6 is 0 Å². The lowest BCUT2D eigenvalue weighted by Gasteiger charge is -2.03. The van der Waals surface area contributed by atoms with Crippen molar-refractivity contribution in [2.24, 2.45) is 0 Å². The fourth-order valence-corrected chi connectivity index (χ4v) is 2.04. The number of hydrogen-bond acceptors (Lipinski definition) is 3. The van der Waals surface area contributed by atoms with Crippen LogP contribution in [0.15, 0.2) is 30.3 Å². The van der Waals surface area contributed by atoms with Crippen LogP contribution in [-0.2, 0) is 20.8 Å². The van der Waals surface area contributed by atoms with E-state index in [1.165, 1.54) is 7.11 Å². The predicted octanol–water partition coefficient (Wildman–Crippen LogP) is 2.82.